The van der Waals surface area contributed by atoms with E-state index in [2.05, 4.69) is 44.3 Å². The Morgan fingerprint density at radius 2 is 1.82 bits per heavy atom. The number of amides is 1. The minimum absolute atomic E-state index is 0.137. The van der Waals surface area contributed by atoms with E-state index in [1.54, 1.807) is 0 Å². The average Bonchev–Trinajstić information content (AvgIpc) is 3.18. The fraction of sp³-hybridized carbons (Fsp3) is 0.364. The first-order chi connectivity index (χ1) is 13.7. The highest BCUT2D eigenvalue weighted by Crippen LogP contribution is 2.20. The summed E-state index contributed by atoms with van der Waals surface area (Å²) >= 11 is 0. The molecule has 6 heteroatoms. The Hall–Kier alpha value is -2.86. The highest BCUT2D eigenvalue weighted by Gasteiger charge is 2.27. The van der Waals surface area contributed by atoms with Gasteiger partial charge in [0.25, 0.3) is 5.91 Å². The van der Waals surface area contributed by atoms with Crippen molar-refractivity contribution in [3.63, 3.8) is 0 Å². The molecule has 144 valence electrons. The van der Waals surface area contributed by atoms with E-state index < -0.39 is 0 Å². The summed E-state index contributed by atoms with van der Waals surface area (Å²) < 4.78 is 0. The molecule has 1 atom stereocenters. The zero-order valence-electron chi connectivity index (χ0n) is 16.2. The van der Waals surface area contributed by atoms with Crippen molar-refractivity contribution in [2.75, 3.05) is 26.2 Å². The van der Waals surface area contributed by atoms with E-state index in [0.29, 0.717) is 23.5 Å². The lowest BCUT2D eigenvalue weighted by Crippen LogP contribution is -2.37. The number of nitrogens with zero attached hydrogens (tertiary/aromatic N) is 5. The highest BCUT2D eigenvalue weighted by molar-refractivity contribution is 5.91. The van der Waals surface area contributed by atoms with Crippen LogP contribution in [0.25, 0.3) is 11.0 Å². The van der Waals surface area contributed by atoms with Gasteiger partial charge in [0.1, 0.15) is 5.52 Å². The molecule has 0 unspecified atom stereocenters. The number of hydrogen-bond acceptors (Lipinski definition) is 5. The second kappa shape index (κ2) is 8.44. The first kappa shape index (κ1) is 18.5. The molecule has 2 heterocycles. The normalized spacial score (nSPS) is 17.1. The van der Waals surface area contributed by atoms with Gasteiger partial charge in [-0.2, -0.15) is 0 Å². The van der Waals surface area contributed by atoms with Crippen molar-refractivity contribution >= 4 is 16.9 Å². The monoisotopic (exact) mass is 375 g/mol. The molecule has 1 saturated heterocycles. The minimum Gasteiger partial charge on any atom is -0.336 e. The summed E-state index contributed by atoms with van der Waals surface area (Å²) in [6.07, 6.45) is 1.10. The maximum atomic E-state index is 12.9. The van der Waals surface area contributed by atoms with Crippen molar-refractivity contribution in [1.29, 1.82) is 0 Å². The number of rotatable bonds is 6. The number of aromatic nitrogens is 3. The summed E-state index contributed by atoms with van der Waals surface area (Å²) in [7, 11) is 0. The van der Waals surface area contributed by atoms with Gasteiger partial charge in [0.05, 0.1) is 5.52 Å². The fourth-order valence-corrected chi connectivity index (χ4v) is 3.83. The van der Waals surface area contributed by atoms with Crippen LogP contribution in [0.1, 0.15) is 29.5 Å². The van der Waals surface area contributed by atoms with Crippen LogP contribution in [-0.4, -0.2) is 57.1 Å². The standard InChI is InChI=1S/C22H25N5O/c1-2-27(22(28)21-23-19-10-6-7-11-20(19)24-25-21)16-18-12-13-26(15-18)14-17-8-4-3-5-9-17/h3-11,18H,2,12-16H2,1H3/t18-/m0/s1. The van der Waals surface area contributed by atoms with E-state index in [1.807, 2.05) is 42.2 Å². The fourth-order valence-electron chi connectivity index (χ4n) is 3.83. The molecule has 1 aliphatic heterocycles. The van der Waals surface area contributed by atoms with E-state index in [4.69, 9.17) is 0 Å². The van der Waals surface area contributed by atoms with Gasteiger partial charge < -0.3 is 4.90 Å². The van der Waals surface area contributed by atoms with Crippen LogP contribution in [0.5, 0.6) is 0 Å². The average molecular weight is 375 g/mol. The second-order valence-electron chi connectivity index (χ2n) is 7.34. The van der Waals surface area contributed by atoms with Gasteiger partial charge in [0.15, 0.2) is 0 Å². The molecule has 6 nitrogen and oxygen atoms in total. The van der Waals surface area contributed by atoms with Crippen LogP contribution < -0.4 is 0 Å². The van der Waals surface area contributed by atoms with Crippen LogP contribution in [0.4, 0.5) is 0 Å². The summed E-state index contributed by atoms with van der Waals surface area (Å²) in [6.45, 7) is 6.42. The summed E-state index contributed by atoms with van der Waals surface area (Å²) in [4.78, 5) is 21.7. The van der Waals surface area contributed by atoms with Crippen molar-refractivity contribution in [2.45, 2.75) is 19.9 Å². The zero-order chi connectivity index (χ0) is 19.3. The molecule has 28 heavy (non-hydrogen) atoms. The molecule has 0 N–H and O–H groups in total. The first-order valence-electron chi connectivity index (χ1n) is 9.88. The highest BCUT2D eigenvalue weighted by atomic mass is 16.2. The van der Waals surface area contributed by atoms with Crippen LogP contribution >= 0.6 is 0 Å². The van der Waals surface area contributed by atoms with Gasteiger partial charge in [-0.3, -0.25) is 9.69 Å². The smallest absolute Gasteiger partial charge is 0.293 e. The predicted octanol–water partition coefficient (Wildman–Crippen LogP) is 3.01. The van der Waals surface area contributed by atoms with E-state index in [1.165, 1.54) is 5.56 Å². The molecule has 1 aliphatic rings. The zero-order valence-corrected chi connectivity index (χ0v) is 16.2. The lowest BCUT2D eigenvalue weighted by Gasteiger charge is -2.24. The van der Waals surface area contributed by atoms with Crippen molar-refractivity contribution in [2.24, 2.45) is 5.92 Å². The number of benzene rings is 2. The third-order valence-corrected chi connectivity index (χ3v) is 5.32. The van der Waals surface area contributed by atoms with Crippen LogP contribution in [0.3, 0.4) is 0 Å². The minimum atomic E-state index is -0.137. The number of hydrogen-bond donors (Lipinski definition) is 0. The molecule has 0 bridgehead atoms. The summed E-state index contributed by atoms with van der Waals surface area (Å²) in [6, 6.07) is 18.0. The van der Waals surface area contributed by atoms with Gasteiger partial charge in [-0.1, -0.05) is 42.5 Å². The topological polar surface area (TPSA) is 62.2 Å². The molecule has 0 aliphatic carbocycles. The molecule has 0 radical (unpaired) electrons. The van der Waals surface area contributed by atoms with E-state index in [0.717, 1.165) is 32.6 Å². The van der Waals surface area contributed by atoms with E-state index in [9.17, 15) is 4.79 Å². The Kier molecular flexibility index (Phi) is 5.58. The molecule has 1 aromatic heterocycles. The number of para-hydroxylation sites is 1. The van der Waals surface area contributed by atoms with Gasteiger partial charge in [0, 0.05) is 26.2 Å². The lowest BCUT2D eigenvalue weighted by molar-refractivity contribution is 0.0725. The van der Waals surface area contributed by atoms with Gasteiger partial charge >= 0.3 is 0 Å². The van der Waals surface area contributed by atoms with Gasteiger partial charge in [-0.25, -0.2) is 4.98 Å². The molecule has 4 rings (SSSR count). The van der Waals surface area contributed by atoms with Crippen LogP contribution in [-0.2, 0) is 6.54 Å². The Labute approximate surface area is 165 Å². The Morgan fingerprint density at radius 1 is 1.07 bits per heavy atom. The van der Waals surface area contributed by atoms with Gasteiger partial charge in [-0.15, -0.1) is 10.2 Å². The molecule has 3 aromatic rings. The molecular weight excluding hydrogens is 350 g/mol. The number of fused-ring (bicyclic) bond motifs is 1. The van der Waals surface area contributed by atoms with Crippen LogP contribution in [0.15, 0.2) is 54.6 Å². The Bertz CT molecular complexity index is 946. The van der Waals surface area contributed by atoms with Gasteiger partial charge in [-0.05, 0) is 43.5 Å². The first-order valence-corrected chi connectivity index (χ1v) is 9.88. The number of carbonyl (C=O) groups excluding carboxylic acids is 1. The van der Waals surface area contributed by atoms with E-state index in [-0.39, 0.29) is 11.7 Å². The van der Waals surface area contributed by atoms with E-state index >= 15 is 0 Å². The summed E-state index contributed by atoms with van der Waals surface area (Å²) in [5.41, 5.74) is 2.74. The van der Waals surface area contributed by atoms with Gasteiger partial charge in [0.2, 0.25) is 5.82 Å². The molecule has 2 aromatic carbocycles. The van der Waals surface area contributed by atoms with Crippen molar-refractivity contribution in [3.05, 3.63) is 66.0 Å². The predicted molar refractivity (Wildman–Crippen MR) is 109 cm³/mol. The third kappa shape index (κ3) is 4.17. The Morgan fingerprint density at radius 3 is 2.61 bits per heavy atom. The van der Waals surface area contributed by atoms with Crippen LogP contribution in [0, 0.1) is 5.92 Å². The molecular formula is C22H25N5O. The molecule has 1 fully saturated rings. The maximum Gasteiger partial charge on any atom is 0.293 e. The maximum absolute atomic E-state index is 12.9. The second-order valence-corrected chi connectivity index (χ2v) is 7.34. The van der Waals surface area contributed by atoms with Crippen molar-refractivity contribution in [3.8, 4) is 0 Å². The number of likely N-dealkylation sites (tertiary alicyclic amines) is 1. The SMILES string of the molecule is CCN(C[C@H]1CCN(Cc2ccccc2)C1)C(=O)c1nnc2ccccc2n1. The van der Waals surface area contributed by atoms with Crippen LogP contribution in [0.2, 0.25) is 0 Å². The number of carbonyl (C=O) groups is 1. The summed E-state index contributed by atoms with van der Waals surface area (Å²) in [5, 5.41) is 8.20. The molecule has 0 spiro atoms. The van der Waals surface area contributed by atoms with Crippen molar-refractivity contribution < 1.29 is 4.79 Å². The molecule has 1 amide bonds. The lowest BCUT2D eigenvalue weighted by atomic mass is 10.1. The Balaban J connectivity index is 1.39. The third-order valence-electron chi connectivity index (χ3n) is 5.32. The quantitative estimate of drug-likeness (QED) is 0.663. The largest absolute Gasteiger partial charge is 0.336 e. The molecule has 0 saturated carbocycles. The summed E-state index contributed by atoms with van der Waals surface area (Å²) in [5.74, 6) is 0.517. The van der Waals surface area contributed by atoms with Crippen molar-refractivity contribution in [1.82, 2.24) is 25.0 Å².